The van der Waals surface area contributed by atoms with Crippen molar-refractivity contribution < 1.29 is 27.5 Å². The molecule has 2 rings (SSSR count). The first kappa shape index (κ1) is 21.9. The molecule has 0 spiro atoms. The van der Waals surface area contributed by atoms with Crippen molar-refractivity contribution in [2.75, 3.05) is 18.4 Å². The minimum atomic E-state index is -3.81. The van der Waals surface area contributed by atoms with Gasteiger partial charge in [0.05, 0.1) is 16.1 Å². The van der Waals surface area contributed by atoms with Crippen LogP contribution in [0.1, 0.15) is 17.3 Å². The summed E-state index contributed by atoms with van der Waals surface area (Å²) in [5.41, 5.74) is 0.554. The van der Waals surface area contributed by atoms with Gasteiger partial charge < -0.3 is 10.1 Å². The molecular formula is C19H21N3O6S. The molecule has 0 heterocycles. The van der Waals surface area contributed by atoms with Crippen molar-refractivity contribution in [1.82, 2.24) is 10.6 Å². The van der Waals surface area contributed by atoms with Crippen molar-refractivity contribution in [3.63, 3.8) is 0 Å². The molecule has 0 unspecified atom stereocenters. The summed E-state index contributed by atoms with van der Waals surface area (Å²) in [5.74, 6) is -1.62. The Morgan fingerprint density at radius 3 is 2.14 bits per heavy atom. The molecule has 1 atom stereocenters. The Kier molecular flexibility index (Phi) is 6.94. The lowest BCUT2D eigenvalue weighted by atomic mass is 10.2. The average molecular weight is 419 g/mol. The topological polar surface area (TPSA) is 122 Å². The van der Waals surface area contributed by atoms with Gasteiger partial charge in [0.25, 0.3) is 15.9 Å². The van der Waals surface area contributed by atoms with Crippen LogP contribution in [-0.2, 0) is 19.6 Å². The van der Waals surface area contributed by atoms with Gasteiger partial charge in [-0.15, -0.1) is 0 Å². The highest BCUT2D eigenvalue weighted by Gasteiger charge is 2.23. The van der Waals surface area contributed by atoms with E-state index in [-0.39, 0.29) is 10.5 Å². The van der Waals surface area contributed by atoms with Crippen molar-refractivity contribution in [3.8, 4) is 0 Å². The van der Waals surface area contributed by atoms with Crippen LogP contribution in [0.3, 0.4) is 0 Å². The fourth-order valence-corrected chi connectivity index (χ4v) is 3.45. The second-order valence-electron chi connectivity index (χ2n) is 5.95. The standard InChI is InChI=1S/C19H21N3O6S/c1-13(17(23)21-19(25)20-2)28-18(24)14-9-11-16(12-10-14)29(26,27)22(3)15-7-5-4-6-8-15/h4-13H,1-3H3,(H2,20,21,23,25)/t13-/m1/s1. The number of rotatable bonds is 6. The van der Waals surface area contributed by atoms with Gasteiger partial charge in [0.1, 0.15) is 0 Å². The summed E-state index contributed by atoms with van der Waals surface area (Å²) in [6, 6.07) is 13.0. The molecule has 0 aliphatic carbocycles. The first-order valence-corrected chi connectivity index (χ1v) is 9.98. The molecule has 0 aromatic heterocycles. The molecule has 2 N–H and O–H groups in total. The van der Waals surface area contributed by atoms with E-state index in [4.69, 9.17) is 4.74 Å². The summed E-state index contributed by atoms with van der Waals surface area (Å²) >= 11 is 0. The highest BCUT2D eigenvalue weighted by atomic mass is 32.2. The van der Waals surface area contributed by atoms with Gasteiger partial charge in [-0.05, 0) is 43.3 Å². The lowest BCUT2D eigenvalue weighted by Gasteiger charge is -2.19. The van der Waals surface area contributed by atoms with Crippen molar-refractivity contribution in [3.05, 3.63) is 60.2 Å². The highest BCUT2D eigenvalue weighted by Crippen LogP contribution is 2.22. The maximum absolute atomic E-state index is 12.7. The quantitative estimate of drug-likeness (QED) is 0.685. The van der Waals surface area contributed by atoms with E-state index >= 15 is 0 Å². The Morgan fingerprint density at radius 1 is 1.00 bits per heavy atom. The molecule has 0 fully saturated rings. The molecule has 10 heteroatoms. The Bertz CT molecular complexity index is 990. The van der Waals surface area contributed by atoms with E-state index in [0.717, 1.165) is 4.31 Å². The number of amides is 3. The molecule has 154 valence electrons. The van der Waals surface area contributed by atoms with E-state index in [1.54, 1.807) is 30.3 Å². The van der Waals surface area contributed by atoms with Gasteiger partial charge in [-0.1, -0.05) is 18.2 Å². The zero-order chi connectivity index (χ0) is 21.6. The zero-order valence-corrected chi connectivity index (χ0v) is 16.9. The van der Waals surface area contributed by atoms with Gasteiger partial charge >= 0.3 is 12.0 Å². The third kappa shape index (κ3) is 5.32. The van der Waals surface area contributed by atoms with Crippen LogP contribution >= 0.6 is 0 Å². The lowest BCUT2D eigenvalue weighted by Crippen LogP contribution is -2.43. The molecule has 0 saturated carbocycles. The maximum Gasteiger partial charge on any atom is 0.338 e. The molecule has 2 aromatic rings. The van der Waals surface area contributed by atoms with Gasteiger partial charge in [-0.2, -0.15) is 0 Å². The molecular weight excluding hydrogens is 398 g/mol. The van der Waals surface area contributed by atoms with E-state index in [9.17, 15) is 22.8 Å². The van der Waals surface area contributed by atoms with Crippen LogP contribution in [0.5, 0.6) is 0 Å². The summed E-state index contributed by atoms with van der Waals surface area (Å²) in [4.78, 5) is 35.0. The smallest absolute Gasteiger partial charge is 0.338 e. The van der Waals surface area contributed by atoms with Crippen LogP contribution in [0, 0.1) is 0 Å². The minimum absolute atomic E-state index is 0.00851. The number of hydrogen-bond donors (Lipinski definition) is 2. The Labute approximate surface area is 168 Å². The molecule has 0 bridgehead atoms. The summed E-state index contributed by atoms with van der Waals surface area (Å²) < 4.78 is 31.6. The molecule has 0 aliphatic heterocycles. The number of benzene rings is 2. The number of carbonyl (C=O) groups excluding carboxylic acids is 3. The van der Waals surface area contributed by atoms with Crippen LogP contribution in [0.4, 0.5) is 10.5 Å². The minimum Gasteiger partial charge on any atom is -0.449 e. The Hall–Kier alpha value is -3.40. The largest absolute Gasteiger partial charge is 0.449 e. The second-order valence-corrected chi connectivity index (χ2v) is 7.92. The molecule has 2 aromatic carbocycles. The number of nitrogens with zero attached hydrogens (tertiary/aromatic N) is 1. The number of imide groups is 1. The number of hydrogen-bond acceptors (Lipinski definition) is 6. The number of urea groups is 1. The monoisotopic (exact) mass is 419 g/mol. The number of ether oxygens (including phenoxy) is 1. The third-order valence-corrected chi connectivity index (χ3v) is 5.78. The summed E-state index contributed by atoms with van der Waals surface area (Å²) in [5, 5.41) is 4.20. The highest BCUT2D eigenvalue weighted by molar-refractivity contribution is 7.92. The SMILES string of the molecule is CNC(=O)NC(=O)[C@@H](C)OC(=O)c1ccc(S(=O)(=O)N(C)c2ccccc2)cc1. The molecule has 0 radical (unpaired) electrons. The van der Waals surface area contributed by atoms with Crippen LogP contribution in [-0.4, -0.2) is 46.5 Å². The summed E-state index contributed by atoms with van der Waals surface area (Å²) in [6.07, 6.45) is -1.22. The average Bonchev–Trinajstić information content (AvgIpc) is 2.73. The van der Waals surface area contributed by atoms with Gasteiger partial charge in [0, 0.05) is 14.1 Å². The number of sulfonamides is 1. The maximum atomic E-state index is 12.7. The van der Waals surface area contributed by atoms with Crippen LogP contribution < -0.4 is 14.9 Å². The van der Waals surface area contributed by atoms with E-state index < -0.39 is 34.0 Å². The molecule has 9 nitrogen and oxygen atoms in total. The Morgan fingerprint density at radius 2 is 1.59 bits per heavy atom. The third-order valence-electron chi connectivity index (χ3n) is 3.99. The van der Waals surface area contributed by atoms with Crippen LogP contribution in [0.2, 0.25) is 0 Å². The van der Waals surface area contributed by atoms with E-state index in [0.29, 0.717) is 5.69 Å². The Balaban J connectivity index is 2.10. The van der Waals surface area contributed by atoms with Crippen molar-refractivity contribution >= 4 is 33.6 Å². The number of para-hydroxylation sites is 1. The van der Waals surface area contributed by atoms with Crippen molar-refractivity contribution in [2.24, 2.45) is 0 Å². The van der Waals surface area contributed by atoms with E-state index in [1.807, 2.05) is 5.32 Å². The molecule has 0 saturated heterocycles. The molecule has 3 amide bonds. The normalized spacial score (nSPS) is 11.8. The van der Waals surface area contributed by atoms with E-state index in [1.165, 1.54) is 45.3 Å². The van der Waals surface area contributed by atoms with Crippen molar-refractivity contribution in [1.29, 1.82) is 0 Å². The first-order chi connectivity index (χ1) is 13.7. The fourth-order valence-electron chi connectivity index (χ4n) is 2.26. The number of anilines is 1. The number of esters is 1. The molecule has 29 heavy (non-hydrogen) atoms. The number of carbonyl (C=O) groups is 3. The van der Waals surface area contributed by atoms with Gasteiger partial charge in [0.15, 0.2) is 6.10 Å². The van der Waals surface area contributed by atoms with E-state index in [2.05, 4.69) is 5.32 Å². The fraction of sp³-hybridized carbons (Fsp3) is 0.211. The lowest BCUT2D eigenvalue weighted by molar-refractivity contribution is -0.127. The first-order valence-electron chi connectivity index (χ1n) is 8.54. The predicted octanol–water partition coefficient (Wildman–Crippen LogP) is 1.51. The van der Waals surface area contributed by atoms with Gasteiger partial charge in [-0.3, -0.25) is 14.4 Å². The van der Waals surface area contributed by atoms with Crippen molar-refractivity contribution in [2.45, 2.75) is 17.9 Å². The zero-order valence-electron chi connectivity index (χ0n) is 16.1. The van der Waals surface area contributed by atoms with Gasteiger partial charge in [0.2, 0.25) is 0 Å². The predicted molar refractivity (Wildman–Crippen MR) is 106 cm³/mol. The summed E-state index contributed by atoms with van der Waals surface area (Å²) in [7, 11) is -1.05. The number of nitrogens with one attached hydrogen (secondary N) is 2. The molecule has 0 aliphatic rings. The van der Waals surface area contributed by atoms with Crippen LogP contribution in [0.25, 0.3) is 0 Å². The van der Waals surface area contributed by atoms with Gasteiger partial charge in [-0.25, -0.2) is 18.0 Å². The summed E-state index contributed by atoms with van der Waals surface area (Å²) in [6.45, 7) is 1.31. The second kappa shape index (κ2) is 9.20. The van der Waals surface area contributed by atoms with Crippen LogP contribution in [0.15, 0.2) is 59.5 Å².